The van der Waals surface area contributed by atoms with Gasteiger partial charge in [-0.05, 0) is 24.1 Å². The van der Waals surface area contributed by atoms with Crippen LogP contribution in [0.2, 0.25) is 0 Å². The average molecular weight is 229 g/mol. The van der Waals surface area contributed by atoms with Crippen LogP contribution in [0.1, 0.15) is 37.1 Å². The van der Waals surface area contributed by atoms with Crippen LogP contribution in [0.5, 0.6) is 0 Å². The molecule has 1 aromatic carbocycles. The zero-order valence-corrected chi connectivity index (χ0v) is 10.2. The standard InChI is InChI=1S/C15H19NO/c1-2-7-15(13-8-4-3-5-9-13)16-12-14-10-6-11-17-14/h3-6,8-11,15-16H,2,7,12H2,1H3/t15-/m1/s1. The molecule has 2 heteroatoms. The molecule has 1 atom stereocenters. The summed E-state index contributed by atoms with van der Waals surface area (Å²) in [5, 5.41) is 3.55. The fourth-order valence-corrected chi connectivity index (χ4v) is 2.00. The number of hydrogen-bond donors (Lipinski definition) is 1. The van der Waals surface area contributed by atoms with E-state index in [1.807, 2.05) is 12.1 Å². The topological polar surface area (TPSA) is 25.2 Å². The first-order valence-corrected chi connectivity index (χ1v) is 6.21. The van der Waals surface area contributed by atoms with Gasteiger partial charge in [0.2, 0.25) is 0 Å². The van der Waals surface area contributed by atoms with Gasteiger partial charge in [0.05, 0.1) is 12.8 Å². The highest BCUT2D eigenvalue weighted by atomic mass is 16.3. The monoisotopic (exact) mass is 229 g/mol. The zero-order chi connectivity index (χ0) is 11.9. The molecule has 2 rings (SSSR count). The summed E-state index contributed by atoms with van der Waals surface area (Å²) < 4.78 is 5.34. The maximum absolute atomic E-state index is 5.34. The van der Waals surface area contributed by atoms with Crippen molar-refractivity contribution in [2.45, 2.75) is 32.4 Å². The molecule has 1 heterocycles. The molecule has 0 fully saturated rings. The van der Waals surface area contributed by atoms with Crippen LogP contribution in [0.25, 0.3) is 0 Å². The summed E-state index contributed by atoms with van der Waals surface area (Å²) in [6, 6.07) is 14.9. The van der Waals surface area contributed by atoms with Crippen LogP contribution in [0.3, 0.4) is 0 Å². The van der Waals surface area contributed by atoms with Gasteiger partial charge in [-0.1, -0.05) is 43.7 Å². The summed E-state index contributed by atoms with van der Waals surface area (Å²) >= 11 is 0. The maximum atomic E-state index is 5.34. The van der Waals surface area contributed by atoms with Crippen molar-refractivity contribution in [3.63, 3.8) is 0 Å². The molecule has 2 aromatic rings. The Labute approximate surface area is 103 Å². The van der Waals surface area contributed by atoms with E-state index in [-0.39, 0.29) is 0 Å². The Morgan fingerprint density at radius 3 is 2.59 bits per heavy atom. The van der Waals surface area contributed by atoms with Crippen molar-refractivity contribution in [2.75, 3.05) is 0 Å². The Morgan fingerprint density at radius 2 is 1.94 bits per heavy atom. The fraction of sp³-hybridized carbons (Fsp3) is 0.333. The third-order valence-corrected chi connectivity index (χ3v) is 2.88. The van der Waals surface area contributed by atoms with Gasteiger partial charge in [0.25, 0.3) is 0 Å². The fourth-order valence-electron chi connectivity index (χ4n) is 2.00. The molecular formula is C15H19NO. The first-order valence-electron chi connectivity index (χ1n) is 6.21. The van der Waals surface area contributed by atoms with Gasteiger partial charge >= 0.3 is 0 Å². The lowest BCUT2D eigenvalue weighted by Gasteiger charge is -2.17. The van der Waals surface area contributed by atoms with E-state index < -0.39 is 0 Å². The quantitative estimate of drug-likeness (QED) is 0.812. The van der Waals surface area contributed by atoms with Gasteiger partial charge in [-0.3, -0.25) is 0 Å². The van der Waals surface area contributed by atoms with E-state index in [1.165, 1.54) is 12.0 Å². The molecule has 0 aliphatic heterocycles. The third kappa shape index (κ3) is 3.46. The highest BCUT2D eigenvalue weighted by molar-refractivity contribution is 5.19. The minimum absolute atomic E-state index is 0.409. The first-order chi connectivity index (χ1) is 8.40. The SMILES string of the molecule is CCC[C@@H](NCc1ccco1)c1ccccc1. The van der Waals surface area contributed by atoms with Crippen LogP contribution in [0, 0.1) is 0 Å². The van der Waals surface area contributed by atoms with Crippen molar-refractivity contribution >= 4 is 0 Å². The molecule has 0 amide bonds. The molecule has 0 bridgehead atoms. The van der Waals surface area contributed by atoms with Gasteiger partial charge in [0.1, 0.15) is 5.76 Å². The second-order valence-electron chi connectivity index (χ2n) is 4.21. The van der Waals surface area contributed by atoms with E-state index in [0.717, 1.165) is 18.7 Å². The first kappa shape index (κ1) is 11.9. The minimum atomic E-state index is 0.409. The molecule has 0 radical (unpaired) electrons. The molecular weight excluding hydrogens is 210 g/mol. The van der Waals surface area contributed by atoms with Gasteiger partial charge < -0.3 is 9.73 Å². The summed E-state index contributed by atoms with van der Waals surface area (Å²) in [6.45, 7) is 3.00. The van der Waals surface area contributed by atoms with Gasteiger partial charge in [-0.2, -0.15) is 0 Å². The molecule has 17 heavy (non-hydrogen) atoms. The number of hydrogen-bond acceptors (Lipinski definition) is 2. The Morgan fingerprint density at radius 1 is 1.12 bits per heavy atom. The molecule has 0 spiro atoms. The van der Waals surface area contributed by atoms with Crippen LogP contribution in [-0.4, -0.2) is 0 Å². The van der Waals surface area contributed by atoms with E-state index in [1.54, 1.807) is 6.26 Å². The van der Waals surface area contributed by atoms with Crippen LogP contribution in [0.15, 0.2) is 53.1 Å². The van der Waals surface area contributed by atoms with Gasteiger partial charge in [0, 0.05) is 6.04 Å². The number of nitrogens with one attached hydrogen (secondary N) is 1. The summed E-state index contributed by atoms with van der Waals surface area (Å²) in [6.07, 6.45) is 4.03. The molecule has 0 aliphatic carbocycles. The van der Waals surface area contributed by atoms with Crippen molar-refractivity contribution < 1.29 is 4.42 Å². The van der Waals surface area contributed by atoms with E-state index in [4.69, 9.17) is 4.42 Å². The normalized spacial score (nSPS) is 12.5. The van der Waals surface area contributed by atoms with Crippen LogP contribution >= 0.6 is 0 Å². The van der Waals surface area contributed by atoms with Gasteiger partial charge in [-0.25, -0.2) is 0 Å². The Bertz CT molecular complexity index is 408. The summed E-state index contributed by atoms with van der Waals surface area (Å²) in [5.41, 5.74) is 1.35. The van der Waals surface area contributed by atoms with Crippen molar-refractivity contribution in [2.24, 2.45) is 0 Å². The van der Waals surface area contributed by atoms with Crippen LogP contribution in [0.4, 0.5) is 0 Å². The Balaban J connectivity index is 1.98. The molecule has 1 aromatic heterocycles. The average Bonchev–Trinajstić information content (AvgIpc) is 2.88. The second-order valence-corrected chi connectivity index (χ2v) is 4.21. The van der Waals surface area contributed by atoms with Crippen LogP contribution in [-0.2, 0) is 6.54 Å². The molecule has 2 nitrogen and oxygen atoms in total. The van der Waals surface area contributed by atoms with E-state index in [2.05, 4.69) is 42.6 Å². The predicted molar refractivity (Wildman–Crippen MR) is 69.6 cm³/mol. The molecule has 0 saturated carbocycles. The number of rotatable bonds is 6. The van der Waals surface area contributed by atoms with Gasteiger partial charge in [0.15, 0.2) is 0 Å². The Kier molecular flexibility index (Phi) is 4.39. The third-order valence-electron chi connectivity index (χ3n) is 2.88. The van der Waals surface area contributed by atoms with Gasteiger partial charge in [-0.15, -0.1) is 0 Å². The van der Waals surface area contributed by atoms with E-state index in [9.17, 15) is 0 Å². The highest BCUT2D eigenvalue weighted by Gasteiger charge is 2.09. The molecule has 90 valence electrons. The molecule has 1 N–H and O–H groups in total. The van der Waals surface area contributed by atoms with E-state index >= 15 is 0 Å². The maximum Gasteiger partial charge on any atom is 0.117 e. The number of benzene rings is 1. The van der Waals surface area contributed by atoms with Crippen molar-refractivity contribution in [3.8, 4) is 0 Å². The summed E-state index contributed by atoms with van der Waals surface area (Å²) in [5.74, 6) is 0.988. The van der Waals surface area contributed by atoms with E-state index in [0.29, 0.717) is 6.04 Å². The molecule has 0 unspecified atom stereocenters. The highest BCUT2D eigenvalue weighted by Crippen LogP contribution is 2.18. The lowest BCUT2D eigenvalue weighted by molar-refractivity contribution is 0.434. The lowest BCUT2D eigenvalue weighted by atomic mass is 10.0. The van der Waals surface area contributed by atoms with Crippen LogP contribution < -0.4 is 5.32 Å². The lowest BCUT2D eigenvalue weighted by Crippen LogP contribution is -2.20. The van der Waals surface area contributed by atoms with Crippen molar-refractivity contribution in [1.82, 2.24) is 5.32 Å². The smallest absolute Gasteiger partial charge is 0.117 e. The zero-order valence-electron chi connectivity index (χ0n) is 10.2. The molecule has 0 saturated heterocycles. The summed E-state index contributed by atoms with van der Waals surface area (Å²) in [4.78, 5) is 0. The van der Waals surface area contributed by atoms with Crippen molar-refractivity contribution in [1.29, 1.82) is 0 Å². The molecule has 0 aliphatic rings. The summed E-state index contributed by atoms with van der Waals surface area (Å²) in [7, 11) is 0. The minimum Gasteiger partial charge on any atom is -0.468 e. The number of furan rings is 1. The second kappa shape index (κ2) is 6.26. The van der Waals surface area contributed by atoms with Crippen molar-refractivity contribution in [3.05, 3.63) is 60.1 Å². The Hall–Kier alpha value is -1.54. The predicted octanol–water partition coefficient (Wildman–Crippen LogP) is 3.91. The largest absolute Gasteiger partial charge is 0.468 e.